The molecule has 2 rings (SSSR count). The molecule has 1 aromatic rings. The summed E-state index contributed by atoms with van der Waals surface area (Å²) in [6, 6.07) is 8.60. The van der Waals surface area contributed by atoms with E-state index in [-0.39, 0.29) is 12.4 Å². The first-order valence-electron chi connectivity index (χ1n) is 5.14. The molecular formula is C12H12O4. The van der Waals surface area contributed by atoms with Crippen molar-refractivity contribution < 1.29 is 19.1 Å². The topological polar surface area (TPSA) is 52.6 Å². The monoisotopic (exact) mass is 220 g/mol. The number of carbonyl (C=O) groups is 2. The van der Waals surface area contributed by atoms with E-state index >= 15 is 0 Å². The molecular weight excluding hydrogens is 208 g/mol. The van der Waals surface area contributed by atoms with Crippen LogP contribution in [0.15, 0.2) is 30.3 Å². The van der Waals surface area contributed by atoms with Crippen molar-refractivity contribution in [2.24, 2.45) is 0 Å². The molecule has 4 nitrogen and oxygen atoms in total. The molecule has 16 heavy (non-hydrogen) atoms. The molecule has 0 radical (unpaired) electrons. The summed E-state index contributed by atoms with van der Waals surface area (Å²) in [7, 11) is 0. The Morgan fingerprint density at radius 1 is 1.31 bits per heavy atom. The van der Waals surface area contributed by atoms with Gasteiger partial charge in [-0.3, -0.25) is 4.79 Å². The van der Waals surface area contributed by atoms with Gasteiger partial charge in [0.2, 0.25) is 0 Å². The van der Waals surface area contributed by atoms with E-state index in [1.807, 2.05) is 6.07 Å². The molecule has 0 spiro atoms. The molecule has 1 saturated heterocycles. The summed E-state index contributed by atoms with van der Waals surface area (Å²) < 4.78 is 10.2. The summed E-state index contributed by atoms with van der Waals surface area (Å²) in [5.74, 6) is -0.556. The predicted octanol–water partition coefficient (Wildman–Crippen LogP) is 1.20. The van der Waals surface area contributed by atoms with E-state index < -0.39 is 12.1 Å². The van der Waals surface area contributed by atoms with E-state index in [0.717, 1.165) is 0 Å². The zero-order valence-corrected chi connectivity index (χ0v) is 8.72. The normalized spacial score (nSPS) is 20.5. The Morgan fingerprint density at radius 2 is 2.06 bits per heavy atom. The van der Waals surface area contributed by atoms with Gasteiger partial charge in [0.25, 0.3) is 0 Å². The van der Waals surface area contributed by atoms with Crippen molar-refractivity contribution in [2.45, 2.75) is 12.5 Å². The van der Waals surface area contributed by atoms with Crippen LogP contribution in [0.1, 0.15) is 16.8 Å². The summed E-state index contributed by atoms with van der Waals surface area (Å²) in [5.41, 5.74) is 0.445. The number of rotatable bonds is 2. The number of benzene rings is 1. The fraction of sp³-hybridized carbons (Fsp3) is 0.333. The van der Waals surface area contributed by atoms with Crippen molar-refractivity contribution in [3.8, 4) is 0 Å². The average molecular weight is 220 g/mol. The van der Waals surface area contributed by atoms with Crippen LogP contribution in [0.2, 0.25) is 0 Å². The molecule has 0 aliphatic carbocycles. The van der Waals surface area contributed by atoms with Gasteiger partial charge in [-0.05, 0) is 12.1 Å². The maximum absolute atomic E-state index is 11.6. The number of carbonyl (C=O) groups excluding carboxylic acids is 2. The predicted molar refractivity (Wildman–Crippen MR) is 56.1 cm³/mol. The van der Waals surface area contributed by atoms with E-state index in [2.05, 4.69) is 0 Å². The lowest BCUT2D eigenvalue weighted by molar-refractivity contribution is -0.137. The molecule has 1 fully saturated rings. The van der Waals surface area contributed by atoms with Gasteiger partial charge in [0.1, 0.15) is 0 Å². The van der Waals surface area contributed by atoms with Gasteiger partial charge < -0.3 is 9.47 Å². The molecule has 0 amide bonds. The minimum atomic E-state index is -0.749. The quantitative estimate of drug-likeness (QED) is 0.703. The lowest BCUT2D eigenvalue weighted by Crippen LogP contribution is -2.36. The van der Waals surface area contributed by atoms with Gasteiger partial charge in [0.05, 0.1) is 18.8 Å². The van der Waals surface area contributed by atoms with Crippen molar-refractivity contribution >= 4 is 11.8 Å². The molecule has 0 bridgehead atoms. The second kappa shape index (κ2) is 4.90. The van der Waals surface area contributed by atoms with Crippen LogP contribution in [0.25, 0.3) is 0 Å². The van der Waals surface area contributed by atoms with Crippen LogP contribution < -0.4 is 0 Å². The minimum Gasteiger partial charge on any atom is -0.448 e. The van der Waals surface area contributed by atoms with Crippen molar-refractivity contribution in [3.05, 3.63) is 35.9 Å². The lowest BCUT2D eigenvalue weighted by Gasteiger charge is -2.20. The van der Waals surface area contributed by atoms with Gasteiger partial charge in [-0.15, -0.1) is 0 Å². The van der Waals surface area contributed by atoms with E-state index in [1.165, 1.54) is 0 Å². The Bertz CT molecular complexity index is 385. The van der Waals surface area contributed by atoms with Crippen LogP contribution >= 0.6 is 0 Å². The second-order valence-corrected chi connectivity index (χ2v) is 3.55. The first-order chi connectivity index (χ1) is 7.77. The first-order valence-corrected chi connectivity index (χ1v) is 5.14. The van der Waals surface area contributed by atoms with Gasteiger partial charge in [-0.2, -0.15) is 0 Å². The van der Waals surface area contributed by atoms with E-state index in [9.17, 15) is 9.59 Å². The second-order valence-electron chi connectivity index (χ2n) is 3.55. The van der Waals surface area contributed by atoms with E-state index in [4.69, 9.17) is 9.47 Å². The molecule has 1 aliphatic heterocycles. The SMILES string of the molecule is O=C(O[C@@H]1COCCC1=O)c1ccccc1. The molecule has 1 heterocycles. The zero-order valence-electron chi connectivity index (χ0n) is 8.72. The number of hydrogen-bond acceptors (Lipinski definition) is 4. The zero-order chi connectivity index (χ0) is 11.4. The highest BCUT2D eigenvalue weighted by molar-refractivity contribution is 5.93. The molecule has 84 valence electrons. The molecule has 0 saturated carbocycles. The maximum atomic E-state index is 11.6. The maximum Gasteiger partial charge on any atom is 0.338 e. The summed E-state index contributed by atoms with van der Waals surface area (Å²) in [6.07, 6.45) is -0.436. The van der Waals surface area contributed by atoms with Crippen molar-refractivity contribution in [1.29, 1.82) is 0 Å². The summed E-state index contributed by atoms with van der Waals surface area (Å²) >= 11 is 0. The highest BCUT2D eigenvalue weighted by Crippen LogP contribution is 2.09. The first kappa shape index (κ1) is 10.8. The Balaban J connectivity index is 1.99. The minimum absolute atomic E-state index is 0.0736. The van der Waals surface area contributed by atoms with Crippen LogP contribution in [-0.2, 0) is 14.3 Å². The summed E-state index contributed by atoms with van der Waals surface area (Å²) in [6.45, 7) is 0.579. The standard InChI is InChI=1S/C12H12O4/c13-10-6-7-15-8-11(10)16-12(14)9-4-2-1-3-5-9/h1-5,11H,6-8H2/t11-/m1/s1. The number of ether oxygens (including phenoxy) is 2. The molecule has 1 aliphatic rings. The van der Waals surface area contributed by atoms with Crippen molar-refractivity contribution in [2.75, 3.05) is 13.2 Å². The van der Waals surface area contributed by atoms with E-state index in [0.29, 0.717) is 18.6 Å². The van der Waals surface area contributed by atoms with Crippen molar-refractivity contribution in [3.63, 3.8) is 0 Å². The van der Waals surface area contributed by atoms with Gasteiger partial charge in [0, 0.05) is 6.42 Å². The van der Waals surface area contributed by atoms with Gasteiger partial charge in [-0.1, -0.05) is 18.2 Å². The van der Waals surface area contributed by atoms with Gasteiger partial charge in [-0.25, -0.2) is 4.79 Å². The van der Waals surface area contributed by atoms with Crippen LogP contribution in [0.3, 0.4) is 0 Å². The third kappa shape index (κ3) is 2.46. The van der Waals surface area contributed by atoms with E-state index in [1.54, 1.807) is 24.3 Å². The number of hydrogen-bond donors (Lipinski definition) is 0. The molecule has 0 unspecified atom stereocenters. The average Bonchev–Trinajstić information content (AvgIpc) is 2.33. The fourth-order valence-corrected chi connectivity index (χ4v) is 1.49. The highest BCUT2D eigenvalue weighted by Gasteiger charge is 2.26. The Morgan fingerprint density at radius 3 is 2.75 bits per heavy atom. The third-order valence-corrected chi connectivity index (χ3v) is 2.38. The van der Waals surface area contributed by atoms with Crippen LogP contribution in [-0.4, -0.2) is 31.1 Å². The fourth-order valence-electron chi connectivity index (χ4n) is 1.49. The van der Waals surface area contributed by atoms with Crippen LogP contribution in [0, 0.1) is 0 Å². The molecule has 0 aromatic heterocycles. The summed E-state index contributed by atoms with van der Waals surface area (Å²) in [4.78, 5) is 23.0. The Kier molecular flexibility index (Phi) is 3.31. The Labute approximate surface area is 93.2 Å². The molecule has 0 N–H and O–H groups in total. The molecule has 4 heteroatoms. The number of ketones is 1. The van der Waals surface area contributed by atoms with Crippen LogP contribution in [0.5, 0.6) is 0 Å². The summed E-state index contributed by atoms with van der Waals surface area (Å²) in [5, 5.41) is 0. The van der Waals surface area contributed by atoms with Gasteiger partial charge >= 0.3 is 5.97 Å². The van der Waals surface area contributed by atoms with Crippen molar-refractivity contribution in [1.82, 2.24) is 0 Å². The molecule has 1 aromatic carbocycles. The third-order valence-electron chi connectivity index (χ3n) is 2.38. The smallest absolute Gasteiger partial charge is 0.338 e. The Hall–Kier alpha value is -1.68. The molecule has 1 atom stereocenters. The number of esters is 1. The van der Waals surface area contributed by atoms with Gasteiger partial charge in [0.15, 0.2) is 11.9 Å². The highest BCUT2D eigenvalue weighted by atomic mass is 16.6. The lowest BCUT2D eigenvalue weighted by atomic mass is 10.1. The number of Topliss-reactive ketones (excluding diaryl/α,β-unsaturated/α-hetero) is 1. The van der Waals surface area contributed by atoms with Crippen LogP contribution in [0.4, 0.5) is 0 Å². The largest absolute Gasteiger partial charge is 0.448 e.